The van der Waals surface area contributed by atoms with Crippen LogP contribution in [0.4, 0.5) is 5.69 Å². The van der Waals surface area contributed by atoms with Gasteiger partial charge in [-0.25, -0.2) is 8.42 Å². The van der Waals surface area contributed by atoms with E-state index < -0.39 is 10.0 Å². The van der Waals surface area contributed by atoms with Gasteiger partial charge >= 0.3 is 0 Å². The number of rotatable bonds is 7. The molecule has 2 aromatic rings. The molecule has 0 unspecified atom stereocenters. The first-order valence-electron chi connectivity index (χ1n) is 7.84. The highest BCUT2D eigenvalue weighted by atomic mass is 32.2. The molecule has 3 rings (SSSR count). The lowest BCUT2D eigenvalue weighted by Gasteiger charge is -2.13. The smallest absolute Gasteiger partial charge is 0.262 e. The summed E-state index contributed by atoms with van der Waals surface area (Å²) in [5, 5.41) is 0. The molecule has 1 aliphatic rings. The highest BCUT2D eigenvalue weighted by Gasteiger charge is 2.30. The van der Waals surface area contributed by atoms with Crippen LogP contribution in [0, 0.1) is 5.92 Å². The number of nitrogens with one attached hydrogen (secondary N) is 1. The van der Waals surface area contributed by atoms with Crippen LogP contribution in [0.15, 0.2) is 47.4 Å². The summed E-state index contributed by atoms with van der Waals surface area (Å²) in [6.07, 6.45) is 1.83. The zero-order valence-corrected chi connectivity index (χ0v) is 14.8. The Morgan fingerprint density at radius 2 is 1.72 bits per heavy atom. The Kier molecular flexibility index (Phi) is 4.67. The number of ketones is 1. The fourth-order valence-corrected chi connectivity index (χ4v) is 3.54. The van der Waals surface area contributed by atoms with Gasteiger partial charge in [-0.05, 0) is 37.1 Å². The van der Waals surface area contributed by atoms with E-state index in [1.54, 1.807) is 30.3 Å². The molecule has 7 heteroatoms. The quantitative estimate of drug-likeness (QED) is 0.767. The number of sulfonamides is 1. The van der Waals surface area contributed by atoms with E-state index in [0.29, 0.717) is 22.7 Å². The third kappa shape index (κ3) is 3.76. The average molecular weight is 361 g/mol. The minimum absolute atomic E-state index is 0.0775. The second kappa shape index (κ2) is 6.76. The predicted molar refractivity (Wildman–Crippen MR) is 93.9 cm³/mol. The molecule has 0 radical (unpaired) electrons. The Hall–Kier alpha value is -2.54. The Morgan fingerprint density at radius 3 is 2.28 bits per heavy atom. The van der Waals surface area contributed by atoms with Crippen LogP contribution in [0.1, 0.15) is 23.2 Å². The summed E-state index contributed by atoms with van der Waals surface area (Å²) < 4.78 is 37.9. The van der Waals surface area contributed by atoms with E-state index in [9.17, 15) is 13.2 Å². The van der Waals surface area contributed by atoms with Crippen molar-refractivity contribution in [3.05, 3.63) is 48.0 Å². The Balaban J connectivity index is 1.83. The van der Waals surface area contributed by atoms with Gasteiger partial charge in [0.25, 0.3) is 10.0 Å². The third-order valence-corrected chi connectivity index (χ3v) is 5.43. The molecule has 6 nitrogen and oxygen atoms in total. The first-order chi connectivity index (χ1) is 11.9. The first-order valence-corrected chi connectivity index (χ1v) is 9.32. The van der Waals surface area contributed by atoms with E-state index in [-0.39, 0.29) is 16.6 Å². The molecule has 1 saturated carbocycles. The summed E-state index contributed by atoms with van der Waals surface area (Å²) in [7, 11) is -0.828. The molecule has 0 atom stereocenters. The van der Waals surface area contributed by atoms with E-state index >= 15 is 0 Å². The molecule has 132 valence electrons. The Bertz CT molecular complexity index is 886. The van der Waals surface area contributed by atoms with Crippen molar-refractivity contribution in [3.8, 4) is 11.5 Å². The minimum atomic E-state index is -3.79. The molecule has 2 aromatic carbocycles. The molecule has 0 aromatic heterocycles. The van der Waals surface area contributed by atoms with Gasteiger partial charge in [0.2, 0.25) is 0 Å². The van der Waals surface area contributed by atoms with E-state index in [4.69, 9.17) is 9.47 Å². The number of carbonyl (C=O) groups is 1. The molecule has 1 N–H and O–H groups in total. The maximum atomic E-state index is 12.6. The third-order valence-electron chi connectivity index (χ3n) is 4.05. The minimum Gasteiger partial charge on any atom is -0.497 e. The Morgan fingerprint density at radius 1 is 1.04 bits per heavy atom. The van der Waals surface area contributed by atoms with Gasteiger partial charge in [-0.1, -0.05) is 12.1 Å². The molecule has 0 spiro atoms. The molecule has 0 aliphatic heterocycles. The highest BCUT2D eigenvalue weighted by Crippen LogP contribution is 2.33. The van der Waals surface area contributed by atoms with Crippen LogP contribution in [0.2, 0.25) is 0 Å². The summed E-state index contributed by atoms with van der Waals surface area (Å²) in [5.74, 6) is 1.09. The number of methoxy groups -OCH3 is 2. The van der Waals surface area contributed by atoms with Crippen molar-refractivity contribution in [1.29, 1.82) is 0 Å². The SMILES string of the molecule is COc1ccc(NS(=O)(=O)c2ccc(C(=O)C3CC3)cc2)c(OC)c1. The van der Waals surface area contributed by atoms with Gasteiger partial charge < -0.3 is 9.47 Å². The summed E-state index contributed by atoms with van der Waals surface area (Å²) >= 11 is 0. The number of Topliss-reactive ketones (excluding diaryl/α,β-unsaturated/α-hetero) is 1. The molecular formula is C18H19NO5S. The molecule has 0 saturated heterocycles. The zero-order valence-electron chi connectivity index (χ0n) is 14.0. The maximum absolute atomic E-state index is 12.6. The maximum Gasteiger partial charge on any atom is 0.262 e. The normalized spacial score (nSPS) is 14.0. The van der Waals surface area contributed by atoms with Gasteiger partial charge in [0.1, 0.15) is 11.5 Å². The van der Waals surface area contributed by atoms with Gasteiger partial charge in [0, 0.05) is 17.5 Å². The van der Waals surface area contributed by atoms with Gasteiger partial charge in [0.05, 0.1) is 24.8 Å². The van der Waals surface area contributed by atoms with Crippen molar-refractivity contribution < 1.29 is 22.7 Å². The van der Waals surface area contributed by atoms with Crippen LogP contribution in [-0.4, -0.2) is 28.4 Å². The van der Waals surface area contributed by atoms with Gasteiger partial charge in [-0.2, -0.15) is 0 Å². The first kappa shape index (κ1) is 17.3. The number of carbonyl (C=O) groups excluding carboxylic acids is 1. The van der Waals surface area contributed by atoms with Crippen LogP contribution >= 0.6 is 0 Å². The number of benzene rings is 2. The molecule has 0 amide bonds. The highest BCUT2D eigenvalue weighted by molar-refractivity contribution is 7.92. The van der Waals surface area contributed by atoms with Crippen LogP contribution in [0.25, 0.3) is 0 Å². The number of anilines is 1. The second-order valence-electron chi connectivity index (χ2n) is 5.83. The average Bonchev–Trinajstić information content (AvgIpc) is 3.46. The van der Waals surface area contributed by atoms with Crippen molar-refractivity contribution in [1.82, 2.24) is 0 Å². The van der Waals surface area contributed by atoms with Gasteiger partial charge in [-0.3, -0.25) is 9.52 Å². The topological polar surface area (TPSA) is 81.7 Å². The standard InChI is InChI=1S/C18H19NO5S/c1-23-14-7-10-16(17(11-14)24-2)19-25(21,22)15-8-5-13(6-9-15)18(20)12-3-4-12/h5-12,19H,3-4H2,1-2H3. The lowest BCUT2D eigenvalue weighted by Crippen LogP contribution is -2.14. The largest absolute Gasteiger partial charge is 0.497 e. The summed E-state index contributed by atoms with van der Waals surface area (Å²) in [4.78, 5) is 12.1. The fourth-order valence-electron chi connectivity index (χ4n) is 2.47. The van der Waals surface area contributed by atoms with Crippen molar-refractivity contribution in [2.24, 2.45) is 5.92 Å². The van der Waals surface area contributed by atoms with Crippen molar-refractivity contribution >= 4 is 21.5 Å². The van der Waals surface area contributed by atoms with Gasteiger partial charge in [-0.15, -0.1) is 0 Å². The molecule has 1 fully saturated rings. The monoisotopic (exact) mass is 361 g/mol. The van der Waals surface area contributed by atoms with E-state index in [1.807, 2.05) is 0 Å². The number of ether oxygens (including phenoxy) is 2. The van der Waals surface area contributed by atoms with Crippen molar-refractivity contribution in [2.45, 2.75) is 17.7 Å². The molecule has 0 heterocycles. The van der Waals surface area contributed by atoms with E-state index in [2.05, 4.69) is 4.72 Å². The van der Waals surface area contributed by atoms with Gasteiger partial charge in [0.15, 0.2) is 5.78 Å². The van der Waals surface area contributed by atoms with Crippen LogP contribution in [0.5, 0.6) is 11.5 Å². The van der Waals surface area contributed by atoms with E-state index in [1.165, 1.54) is 26.4 Å². The van der Waals surface area contributed by atoms with Crippen LogP contribution in [0.3, 0.4) is 0 Å². The summed E-state index contributed by atoms with van der Waals surface area (Å²) in [6.45, 7) is 0. The van der Waals surface area contributed by atoms with Crippen LogP contribution in [-0.2, 0) is 10.0 Å². The van der Waals surface area contributed by atoms with Crippen molar-refractivity contribution in [2.75, 3.05) is 18.9 Å². The molecule has 25 heavy (non-hydrogen) atoms. The van der Waals surface area contributed by atoms with Crippen LogP contribution < -0.4 is 14.2 Å². The fraction of sp³-hybridized carbons (Fsp3) is 0.278. The Labute approximate surface area is 146 Å². The molecule has 0 bridgehead atoms. The molecule has 1 aliphatic carbocycles. The number of hydrogen-bond donors (Lipinski definition) is 1. The zero-order chi connectivity index (χ0) is 18.0. The second-order valence-corrected chi connectivity index (χ2v) is 7.52. The molecular weight excluding hydrogens is 342 g/mol. The lowest BCUT2D eigenvalue weighted by molar-refractivity contribution is 0.0967. The number of hydrogen-bond acceptors (Lipinski definition) is 5. The van der Waals surface area contributed by atoms with E-state index in [0.717, 1.165) is 12.8 Å². The lowest BCUT2D eigenvalue weighted by atomic mass is 10.1. The predicted octanol–water partition coefficient (Wildman–Crippen LogP) is 3.10. The van der Waals surface area contributed by atoms with Crippen molar-refractivity contribution in [3.63, 3.8) is 0 Å². The summed E-state index contributed by atoms with van der Waals surface area (Å²) in [5.41, 5.74) is 0.852. The summed E-state index contributed by atoms with van der Waals surface area (Å²) in [6, 6.07) is 10.8.